The Balaban J connectivity index is 1.50. The molecule has 0 aliphatic heterocycles. The van der Waals surface area contributed by atoms with Crippen molar-refractivity contribution in [1.82, 2.24) is 10.6 Å². The Hall–Kier alpha value is -2.62. The molecule has 0 bridgehead atoms. The number of aryl methyl sites for hydroxylation is 2. The fourth-order valence-electron chi connectivity index (χ4n) is 3.45. The van der Waals surface area contributed by atoms with Crippen molar-refractivity contribution >= 4 is 11.8 Å². The van der Waals surface area contributed by atoms with Gasteiger partial charge in [0.2, 0.25) is 5.91 Å². The van der Waals surface area contributed by atoms with Gasteiger partial charge in [-0.15, -0.1) is 0 Å². The highest BCUT2D eigenvalue weighted by molar-refractivity contribution is 5.96. The summed E-state index contributed by atoms with van der Waals surface area (Å²) in [6, 6.07) is 15.9. The number of hydrogen-bond donors (Lipinski definition) is 2. The van der Waals surface area contributed by atoms with E-state index in [0.29, 0.717) is 5.56 Å². The smallest absolute Gasteiger partial charge is 0.251 e. The lowest BCUT2D eigenvalue weighted by molar-refractivity contribution is -0.120. The minimum atomic E-state index is -0.196. The van der Waals surface area contributed by atoms with Gasteiger partial charge in [0.25, 0.3) is 5.91 Å². The summed E-state index contributed by atoms with van der Waals surface area (Å²) in [5.41, 5.74) is 4.40. The fraction of sp³-hybridized carbons (Fsp3) is 0.364. The van der Waals surface area contributed by atoms with Crippen LogP contribution >= 0.6 is 0 Å². The Morgan fingerprint density at radius 3 is 2.50 bits per heavy atom. The van der Waals surface area contributed by atoms with Gasteiger partial charge in [-0.25, -0.2) is 0 Å². The van der Waals surface area contributed by atoms with E-state index in [9.17, 15) is 9.59 Å². The van der Waals surface area contributed by atoms with E-state index in [4.69, 9.17) is 0 Å². The Kier molecular flexibility index (Phi) is 5.71. The predicted molar refractivity (Wildman–Crippen MR) is 103 cm³/mol. The molecule has 26 heavy (non-hydrogen) atoms. The summed E-state index contributed by atoms with van der Waals surface area (Å²) in [5.74, 6) is -0.166. The van der Waals surface area contributed by atoms with Crippen molar-refractivity contribution in [2.45, 2.75) is 45.1 Å². The van der Waals surface area contributed by atoms with Crippen LogP contribution in [-0.2, 0) is 17.6 Å². The largest absolute Gasteiger partial charge is 0.352 e. The maximum atomic E-state index is 12.3. The number of amides is 2. The maximum Gasteiger partial charge on any atom is 0.251 e. The molecule has 0 radical (unpaired) electrons. The summed E-state index contributed by atoms with van der Waals surface area (Å²) >= 11 is 0. The van der Waals surface area contributed by atoms with Crippen LogP contribution in [0.5, 0.6) is 0 Å². The number of hydrogen-bond acceptors (Lipinski definition) is 2. The first kappa shape index (κ1) is 18.2. The molecule has 2 amide bonds. The van der Waals surface area contributed by atoms with Crippen LogP contribution in [0.2, 0.25) is 0 Å². The first-order chi connectivity index (χ1) is 12.5. The van der Waals surface area contributed by atoms with Crippen LogP contribution in [0.1, 0.15) is 53.2 Å². The predicted octanol–water partition coefficient (Wildman–Crippen LogP) is 3.21. The zero-order chi connectivity index (χ0) is 18.5. The molecule has 136 valence electrons. The monoisotopic (exact) mass is 350 g/mol. The molecule has 0 aromatic heterocycles. The van der Waals surface area contributed by atoms with Crippen LogP contribution in [0.3, 0.4) is 0 Å². The van der Waals surface area contributed by atoms with E-state index >= 15 is 0 Å². The second kappa shape index (κ2) is 8.17. The Morgan fingerprint density at radius 2 is 1.73 bits per heavy atom. The van der Waals surface area contributed by atoms with Gasteiger partial charge in [-0.2, -0.15) is 0 Å². The zero-order valence-electron chi connectivity index (χ0n) is 15.4. The van der Waals surface area contributed by atoms with Gasteiger partial charge >= 0.3 is 0 Å². The van der Waals surface area contributed by atoms with E-state index in [2.05, 4.69) is 29.7 Å². The molecule has 0 unspecified atom stereocenters. The second-order valence-corrected chi connectivity index (χ2v) is 7.08. The van der Waals surface area contributed by atoms with Crippen LogP contribution < -0.4 is 10.6 Å². The van der Waals surface area contributed by atoms with Crippen LogP contribution in [-0.4, -0.2) is 24.4 Å². The van der Waals surface area contributed by atoms with Gasteiger partial charge in [0, 0.05) is 17.5 Å². The number of fused-ring (bicyclic) bond motifs is 1. The molecule has 2 N–H and O–H groups in total. The van der Waals surface area contributed by atoms with Crippen molar-refractivity contribution in [3.8, 4) is 0 Å². The van der Waals surface area contributed by atoms with Crippen molar-refractivity contribution in [3.63, 3.8) is 0 Å². The topological polar surface area (TPSA) is 58.2 Å². The molecule has 1 aliphatic carbocycles. The molecule has 2 atom stereocenters. The van der Waals surface area contributed by atoms with Crippen LogP contribution in [0.4, 0.5) is 0 Å². The number of rotatable bonds is 6. The minimum absolute atomic E-state index is 0.0121. The molecule has 3 rings (SSSR count). The summed E-state index contributed by atoms with van der Waals surface area (Å²) < 4.78 is 0. The third kappa shape index (κ3) is 4.31. The van der Waals surface area contributed by atoms with Gasteiger partial charge in [0.05, 0.1) is 6.54 Å². The number of benzene rings is 2. The first-order valence-corrected chi connectivity index (χ1v) is 9.29. The summed E-state index contributed by atoms with van der Waals surface area (Å²) in [7, 11) is 0. The lowest BCUT2D eigenvalue weighted by Gasteiger charge is -2.22. The van der Waals surface area contributed by atoms with Crippen molar-refractivity contribution in [3.05, 3.63) is 70.8 Å². The Morgan fingerprint density at radius 1 is 1.00 bits per heavy atom. The van der Waals surface area contributed by atoms with Crippen molar-refractivity contribution in [2.24, 2.45) is 0 Å². The highest BCUT2D eigenvalue weighted by Gasteiger charge is 2.18. The summed E-state index contributed by atoms with van der Waals surface area (Å²) in [6.07, 6.45) is 3.28. The maximum absolute atomic E-state index is 12.3. The molecule has 4 nitrogen and oxygen atoms in total. The number of carbonyl (C=O) groups is 2. The van der Waals surface area contributed by atoms with E-state index in [1.807, 2.05) is 43.3 Å². The molecule has 4 heteroatoms. The molecule has 1 aliphatic rings. The van der Waals surface area contributed by atoms with E-state index in [1.165, 1.54) is 16.7 Å². The van der Waals surface area contributed by atoms with Crippen LogP contribution in [0, 0.1) is 0 Å². The summed E-state index contributed by atoms with van der Waals surface area (Å²) in [6.45, 7) is 4.06. The van der Waals surface area contributed by atoms with E-state index < -0.39 is 0 Å². The van der Waals surface area contributed by atoms with Crippen molar-refractivity contribution in [2.75, 3.05) is 6.54 Å². The minimum Gasteiger partial charge on any atom is -0.352 e. The zero-order valence-corrected chi connectivity index (χ0v) is 15.4. The average Bonchev–Trinajstić information content (AvgIpc) is 3.13. The van der Waals surface area contributed by atoms with E-state index in [0.717, 1.165) is 19.3 Å². The van der Waals surface area contributed by atoms with Gasteiger partial charge in [-0.05, 0) is 55.0 Å². The van der Waals surface area contributed by atoms with Gasteiger partial charge in [-0.3, -0.25) is 9.59 Å². The normalized spacial score (nSPS) is 15.0. The van der Waals surface area contributed by atoms with Crippen LogP contribution in [0.25, 0.3) is 0 Å². The first-order valence-electron chi connectivity index (χ1n) is 9.29. The molecule has 2 aromatic carbocycles. The molecule has 0 heterocycles. The molecule has 2 aromatic rings. The summed E-state index contributed by atoms with van der Waals surface area (Å²) in [5, 5.41) is 5.70. The van der Waals surface area contributed by atoms with Crippen molar-refractivity contribution < 1.29 is 9.59 Å². The third-order valence-corrected chi connectivity index (χ3v) is 5.23. The SMILES string of the molecule is C[C@H](NC(=O)CNC(=O)c1ccc2c(c1)CCC2)[C@@H](C)c1ccccc1. The second-order valence-electron chi connectivity index (χ2n) is 7.08. The Labute approximate surface area is 155 Å². The number of carbonyl (C=O) groups excluding carboxylic acids is 2. The van der Waals surface area contributed by atoms with Gasteiger partial charge in [-0.1, -0.05) is 43.3 Å². The highest BCUT2D eigenvalue weighted by Crippen LogP contribution is 2.22. The molecule has 0 saturated heterocycles. The highest BCUT2D eigenvalue weighted by atomic mass is 16.2. The number of nitrogens with one attached hydrogen (secondary N) is 2. The Bertz CT molecular complexity index is 786. The van der Waals surface area contributed by atoms with Gasteiger partial charge < -0.3 is 10.6 Å². The quantitative estimate of drug-likeness (QED) is 0.840. The molecular weight excluding hydrogens is 324 g/mol. The van der Waals surface area contributed by atoms with E-state index in [1.54, 1.807) is 0 Å². The molecule has 0 saturated carbocycles. The van der Waals surface area contributed by atoms with E-state index in [-0.39, 0.29) is 30.3 Å². The lowest BCUT2D eigenvalue weighted by atomic mass is 9.94. The standard InChI is InChI=1S/C22H26N2O2/c1-15(17-7-4-3-5-8-17)16(2)24-21(25)14-23-22(26)20-12-11-18-9-6-10-19(18)13-20/h3-5,7-8,11-13,15-16H,6,9-10,14H2,1-2H3,(H,23,26)(H,24,25)/t15-,16+/m1/s1. The molecule has 0 fully saturated rings. The van der Waals surface area contributed by atoms with Crippen LogP contribution in [0.15, 0.2) is 48.5 Å². The third-order valence-electron chi connectivity index (χ3n) is 5.23. The molecular formula is C22H26N2O2. The van der Waals surface area contributed by atoms with Gasteiger partial charge in [0.1, 0.15) is 0 Å². The van der Waals surface area contributed by atoms with Crippen molar-refractivity contribution in [1.29, 1.82) is 0 Å². The molecule has 0 spiro atoms. The lowest BCUT2D eigenvalue weighted by Crippen LogP contribution is -2.42. The summed E-state index contributed by atoms with van der Waals surface area (Å²) in [4.78, 5) is 24.5. The average molecular weight is 350 g/mol. The van der Waals surface area contributed by atoms with Gasteiger partial charge in [0.15, 0.2) is 0 Å². The fourth-order valence-corrected chi connectivity index (χ4v) is 3.45.